The van der Waals surface area contributed by atoms with Crippen LogP contribution in [0.15, 0.2) is 0 Å². The third-order valence-electron chi connectivity index (χ3n) is 3.33. The first-order valence-electron chi connectivity index (χ1n) is 5.55. The third kappa shape index (κ3) is 2.58. The molecule has 1 atom stereocenters. The molecule has 17 heavy (non-hydrogen) atoms. The molecule has 1 aliphatic rings. The van der Waals surface area contributed by atoms with Gasteiger partial charge in [0.2, 0.25) is 5.91 Å². The number of likely N-dealkylation sites (N-methyl/N-ethyl adjacent to an activating group) is 1. The summed E-state index contributed by atoms with van der Waals surface area (Å²) >= 11 is 0. The number of amides is 1. The quantitative estimate of drug-likeness (QED) is 0.691. The van der Waals surface area contributed by atoms with Gasteiger partial charge < -0.3 is 15.1 Å². The molecule has 0 aliphatic carbocycles. The summed E-state index contributed by atoms with van der Waals surface area (Å²) in [5.74, 6) is -1.34. The zero-order chi connectivity index (χ0) is 13.4. The first kappa shape index (κ1) is 13.9. The summed E-state index contributed by atoms with van der Waals surface area (Å²) in [5.41, 5.74) is -2.63. The molecule has 6 heteroatoms. The van der Waals surface area contributed by atoms with Crippen LogP contribution >= 0.6 is 0 Å². The molecular weight excluding hydrogens is 224 g/mol. The van der Waals surface area contributed by atoms with Crippen LogP contribution in [0.25, 0.3) is 0 Å². The van der Waals surface area contributed by atoms with E-state index >= 15 is 0 Å². The van der Waals surface area contributed by atoms with Crippen molar-refractivity contribution >= 4 is 11.9 Å². The summed E-state index contributed by atoms with van der Waals surface area (Å²) in [6, 6.07) is 0. The van der Waals surface area contributed by atoms with Crippen molar-refractivity contribution in [2.45, 2.75) is 31.9 Å². The zero-order valence-corrected chi connectivity index (χ0v) is 10.7. The van der Waals surface area contributed by atoms with Crippen molar-refractivity contribution < 1.29 is 19.8 Å². The minimum atomic E-state index is -1.84. The molecule has 0 aromatic carbocycles. The van der Waals surface area contributed by atoms with Gasteiger partial charge in [0.05, 0.1) is 5.54 Å². The molecule has 6 nitrogen and oxygen atoms in total. The normalized spacial score (nSPS) is 24.5. The van der Waals surface area contributed by atoms with E-state index in [1.54, 1.807) is 30.7 Å². The summed E-state index contributed by atoms with van der Waals surface area (Å²) < 4.78 is 0. The maximum absolute atomic E-state index is 12.0. The van der Waals surface area contributed by atoms with Crippen molar-refractivity contribution in [1.29, 1.82) is 0 Å². The van der Waals surface area contributed by atoms with Crippen LogP contribution in [0.1, 0.15) is 20.8 Å². The minimum absolute atomic E-state index is 0.0606. The predicted molar refractivity (Wildman–Crippen MR) is 61.5 cm³/mol. The number of β-amino-alcohol motifs (C(OH)–C–C–N with tert-alkyl or cyclic N) is 1. The summed E-state index contributed by atoms with van der Waals surface area (Å²) in [5, 5.41) is 18.7. The third-order valence-corrected chi connectivity index (χ3v) is 3.33. The average molecular weight is 244 g/mol. The molecule has 0 aromatic rings. The fourth-order valence-corrected chi connectivity index (χ4v) is 1.97. The molecule has 1 saturated heterocycles. The van der Waals surface area contributed by atoms with E-state index in [-0.39, 0.29) is 12.5 Å². The maximum atomic E-state index is 12.0. The number of aliphatic carboxylic acids is 1. The van der Waals surface area contributed by atoms with Crippen LogP contribution in [0.3, 0.4) is 0 Å². The highest BCUT2D eigenvalue weighted by Crippen LogP contribution is 2.23. The van der Waals surface area contributed by atoms with Crippen molar-refractivity contribution in [2.75, 3.05) is 26.7 Å². The Kier molecular flexibility index (Phi) is 3.50. The van der Waals surface area contributed by atoms with Crippen molar-refractivity contribution in [1.82, 2.24) is 9.80 Å². The Morgan fingerprint density at radius 1 is 1.47 bits per heavy atom. The molecule has 0 radical (unpaired) electrons. The van der Waals surface area contributed by atoms with E-state index in [0.717, 1.165) is 0 Å². The van der Waals surface area contributed by atoms with E-state index in [1.807, 2.05) is 0 Å². The molecule has 0 bridgehead atoms. The lowest BCUT2D eigenvalue weighted by atomic mass is 9.95. The molecule has 1 heterocycles. The second-order valence-electron chi connectivity index (χ2n) is 5.29. The maximum Gasteiger partial charge on any atom is 0.336 e. The molecular formula is C11H20N2O4. The highest BCUT2D eigenvalue weighted by atomic mass is 16.4. The van der Waals surface area contributed by atoms with Gasteiger partial charge in [-0.05, 0) is 20.8 Å². The Labute approximate surface area is 101 Å². The van der Waals surface area contributed by atoms with Crippen molar-refractivity contribution in [2.24, 2.45) is 0 Å². The number of aliphatic hydroxyl groups is 1. The van der Waals surface area contributed by atoms with Gasteiger partial charge in [-0.25, -0.2) is 4.79 Å². The van der Waals surface area contributed by atoms with E-state index in [1.165, 1.54) is 6.92 Å². The lowest BCUT2D eigenvalue weighted by Crippen LogP contribution is -2.65. The Hall–Kier alpha value is -1.14. The van der Waals surface area contributed by atoms with Crippen LogP contribution in [0.5, 0.6) is 0 Å². The van der Waals surface area contributed by atoms with Gasteiger partial charge in [0.15, 0.2) is 5.60 Å². The molecule has 1 unspecified atom stereocenters. The second kappa shape index (κ2) is 4.27. The number of rotatable bonds is 3. The molecule has 2 N–H and O–H groups in total. The number of carbonyl (C=O) groups is 2. The minimum Gasteiger partial charge on any atom is -0.479 e. The Bertz CT molecular complexity index is 338. The standard InChI is InChI=1S/C11H20N2O4/c1-10(2)8(14)12(4)5-6-13(10)7-11(3,17)9(15)16/h17H,5-7H2,1-4H3,(H,15,16). The molecule has 1 aliphatic heterocycles. The summed E-state index contributed by atoms with van der Waals surface area (Å²) in [7, 11) is 1.72. The van der Waals surface area contributed by atoms with E-state index < -0.39 is 17.1 Å². The van der Waals surface area contributed by atoms with Gasteiger partial charge >= 0.3 is 5.97 Å². The van der Waals surface area contributed by atoms with E-state index in [4.69, 9.17) is 5.11 Å². The number of hydrogen-bond acceptors (Lipinski definition) is 4. The number of carbonyl (C=O) groups excluding carboxylic acids is 1. The molecule has 1 rings (SSSR count). The SMILES string of the molecule is CN1CCN(CC(C)(O)C(=O)O)C(C)(C)C1=O. The van der Waals surface area contributed by atoms with Gasteiger partial charge in [0.25, 0.3) is 0 Å². The largest absolute Gasteiger partial charge is 0.479 e. The van der Waals surface area contributed by atoms with Crippen LogP contribution in [0.2, 0.25) is 0 Å². The number of carboxylic acid groups (broad SMARTS) is 1. The first-order valence-corrected chi connectivity index (χ1v) is 5.55. The number of nitrogens with zero attached hydrogens (tertiary/aromatic N) is 2. The molecule has 0 spiro atoms. The van der Waals surface area contributed by atoms with E-state index in [9.17, 15) is 14.7 Å². The lowest BCUT2D eigenvalue weighted by molar-refractivity contribution is -0.165. The monoisotopic (exact) mass is 244 g/mol. The van der Waals surface area contributed by atoms with Crippen molar-refractivity contribution in [3.63, 3.8) is 0 Å². The summed E-state index contributed by atoms with van der Waals surface area (Å²) in [6.45, 7) is 5.76. The van der Waals surface area contributed by atoms with Gasteiger partial charge in [-0.15, -0.1) is 0 Å². The lowest BCUT2D eigenvalue weighted by Gasteiger charge is -2.46. The van der Waals surface area contributed by atoms with Crippen LogP contribution < -0.4 is 0 Å². The molecule has 1 amide bonds. The molecule has 98 valence electrons. The molecule has 0 saturated carbocycles. The van der Waals surface area contributed by atoms with Crippen molar-refractivity contribution in [3.8, 4) is 0 Å². The number of piperazine rings is 1. The van der Waals surface area contributed by atoms with E-state index in [2.05, 4.69) is 0 Å². The Morgan fingerprint density at radius 2 is 2.00 bits per heavy atom. The second-order valence-corrected chi connectivity index (χ2v) is 5.29. The molecule has 1 fully saturated rings. The fourth-order valence-electron chi connectivity index (χ4n) is 1.97. The predicted octanol–water partition coefficient (Wildman–Crippen LogP) is -0.625. The molecule has 0 aromatic heterocycles. The Morgan fingerprint density at radius 3 is 2.47 bits per heavy atom. The van der Waals surface area contributed by atoms with Crippen LogP contribution in [-0.4, -0.2) is 69.7 Å². The first-order chi connectivity index (χ1) is 7.59. The smallest absolute Gasteiger partial charge is 0.336 e. The van der Waals surface area contributed by atoms with Gasteiger partial charge in [-0.1, -0.05) is 0 Å². The van der Waals surface area contributed by atoms with Gasteiger partial charge in [-0.2, -0.15) is 0 Å². The average Bonchev–Trinajstić information content (AvgIpc) is 2.19. The van der Waals surface area contributed by atoms with Crippen molar-refractivity contribution in [3.05, 3.63) is 0 Å². The highest BCUT2D eigenvalue weighted by Gasteiger charge is 2.44. The van der Waals surface area contributed by atoms with E-state index in [0.29, 0.717) is 13.1 Å². The van der Waals surface area contributed by atoms with Crippen LogP contribution in [0, 0.1) is 0 Å². The Balaban J connectivity index is 2.86. The zero-order valence-electron chi connectivity index (χ0n) is 10.7. The van der Waals surface area contributed by atoms with Crippen LogP contribution in [0.4, 0.5) is 0 Å². The van der Waals surface area contributed by atoms with Crippen LogP contribution in [-0.2, 0) is 9.59 Å². The van der Waals surface area contributed by atoms with Gasteiger partial charge in [-0.3, -0.25) is 9.69 Å². The highest BCUT2D eigenvalue weighted by molar-refractivity contribution is 5.86. The fraction of sp³-hybridized carbons (Fsp3) is 0.818. The summed E-state index contributed by atoms with van der Waals surface area (Å²) in [4.78, 5) is 26.2. The number of hydrogen-bond donors (Lipinski definition) is 2. The number of carboxylic acids is 1. The van der Waals surface area contributed by atoms with Gasteiger partial charge in [0, 0.05) is 26.7 Å². The topological polar surface area (TPSA) is 81.1 Å². The van der Waals surface area contributed by atoms with Gasteiger partial charge in [0.1, 0.15) is 0 Å². The summed E-state index contributed by atoms with van der Waals surface area (Å²) in [6.07, 6.45) is 0.